The second kappa shape index (κ2) is 14.4. The highest BCUT2D eigenvalue weighted by Gasteiger charge is 2.47. The topological polar surface area (TPSA) is 3.24 Å². The first-order valence-electron chi connectivity index (χ1n) is 22.1. The summed E-state index contributed by atoms with van der Waals surface area (Å²) in [6.45, 7) is 4.74. The molecule has 0 aromatic heterocycles. The standard InChI is InChI=1S/C62H45N/c1-61(2)55-30-16-14-27-50(55)51-38-37-49(41-57(51)61)63(48-35-33-43(34-36-48)42-19-6-3-7-20-42)59-32-17-15-28-52(59)53-29-18-31-56-60(53)54-39-44-21-12-13-22-45(44)40-58(54)62(56,46-23-8-4-9-24-46)47-25-10-5-11-26-47/h3-41H,1-2H3. The molecule has 0 saturated heterocycles. The first kappa shape index (κ1) is 37.1. The van der Waals surface area contributed by atoms with Gasteiger partial charge in [-0.25, -0.2) is 0 Å². The Labute approximate surface area is 370 Å². The molecule has 0 bridgehead atoms. The minimum Gasteiger partial charge on any atom is -0.310 e. The maximum absolute atomic E-state index is 2.49. The number of fused-ring (bicyclic) bond motifs is 7. The SMILES string of the molecule is CC1(C)c2ccccc2-c2ccc(N(c3ccc(-c4ccccc4)cc3)c3ccccc3-c3cccc4c3-c3cc5ccccc5cc3C4(c3ccccc3)c3ccccc3)cc21. The Morgan fingerprint density at radius 2 is 0.841 bits per heavy atom. The maximum atomic E-state index is 2.49. The van der Waals surface area contributed by atoms with Crippen LogP contribution in [0.2, 0.25) is 0 Å². The summed E-state index contributed by atoms with van der Waals surface area (Å²) in [5.41, 5.74) is 20.6. The third-order valence-corrected chi connectivity index (χ3v) is 13.9. The molecule has 0 radical (unpaired) electrons. The number of hydrogen-bond donors (Lipinski definition) is 0. The largest absolute Gasteiger partial charge is 0.310 e. The molecule has 1 nitrogen and oxygen atoms in total. The van der Waals surface area contributed by atoms with E-state index in [-0.39, 0.29) is 5.41 Å². The molecule has 0 aliphatic heterocycles. The van der Waals surface area contributed by atoms with Crippen molar-refractivity contribution in [1.82, 2.24) is 0 Å². The van der Waals surface area contributed by atoms with Crippen molar-refractivity contribution in [2.75, 3.05) is 4.90 Å². The van der Waals surface area contributed by atoms with E-state index in [9.17, 15) is 0 Å². The molecule has 0 spiro atoms. The molecule has 2 aliphatic carbocycles. The third-order valence-electron chi connectivity index (χ3n) is 13.9. The van der Waals surface area contributed by atoms with Crippen molar-refractivity contribution in [3.8, 4) is 44.5 Å². The molecule has 0 atom stereocenters. The Hall–Kier alpha value is -7.74. The van der Waals surface area contributed by atoms with Gasteiger partial charge in [-0.15, -0.1) is 0 Å². The van der Waals surface area contributed by atoms with E-state index in [2.05, 4.69) is 255 Å². The van der Waals surface area contributed by atoms with E-state index in [1.165, 1.54) is 88.7 Å². The number of anilines is 3. The van der Waals surface area contributed by atoms with Gasteiger partial charge in [0.1, 0.15) is 0 Å². The highest BCUT2D eigenvalue weighted by molar-refractivity contribution is 6.03. The number of benzene rings is 10. The van der Waals surface area contributed by atoms with E-state index < -0.39 is 5.41 Å². The van der Waals surface area contributed by atoms with Gasteiger partial charge in [-0.05, 0) is 126 Å². The molecule has 10 aromatic carbocycles. The van der Waals surface area contributed by atoms with Crippen LogP contribution in [0.4, 0.5) is 17.1 Å². The van der Waals surface area contributed by atoms with Crippen molar-refractivity contribution in [3.63, 3.8) is 0 Å². The number of nitrogens with zero attached hydrogens (tertiary/aromatic N) is 1. The Morgan fingerprint density at radius 1 is 0.317 bits per heavy atom. The molecule has 0 amide bonds. The fourth-order valence-electron chi connectivity index (χ4n) is 11.0. The van der Waals surface area contributed by atoms with Gasteiger partial charge in [0.25, 0.3) is 0 Å². The lowest BCUT2D eigenvalue weighted by Gasteiger charge is -2.34. The van der Waals surface area contributed by atoms with Crippen molar-refractivity contribution < 1.29 is 0 Å². The van der Waals surface area contributed by atoms with Gasteiger partial charge in [0.05, 0.1) is 11.1 Å². The van der Waals surface area contributed by atoms with Gasteiger partial charge in [0.15, 0.2) is 0 Å². The van der Waals surface area contributed by atoms with Crippen LogP contribution in [0.3, 0.4) is 0 Å². The summed E-state index contributed by atoms with van der Waals surface area (Å²) in [6, 6.07) is 87.9. The Kier molecular flexibility index (Phi) is 8.49. The second-order valence-corrected chi connectivity index (χ2v) is 17.6. The van der Waals surface area contributed by atoms with Gasteiger partial charge in [0, 0.05) is 22.4 Å². The molecule has 2 aliphatic rings. The molecule has 0 saturated carbocycles. The van der Waals surface area contributed by atoms with E-state index in [0.717, 1.165) is 17.1 Å². The van der Waals surface area contributed by atoms with E-state index >= 15 is 0 Å². The minimum atomic E-state index is -0.532. The number of para-hydroxylation sites is 1. The van der Waals surface area contributed by atoms with Gasteiger partial charge >= 0.3 is 0 Å². The zero-order valence-electron chi connectivity index (χ0n) is 35.5. The van der Waals surface area contributed by atoms with Crippen molar-refractivity contribution in [2.45, 2.75) is 24.7 Å². The summed E-state index contributed by atoms with van der Waals surface area (Å²) >= 11 is 0. The lowest BCUT2D eigenvalue weighted by molar-refractivity contribution is 0.660. The van der Waals surface area contributed by atoms with Crippen LogP contribution in [0.5, 0.6) is 0 Å². The van der Waals surface area contributed by atoms with Crippen LogP contribution >= 0.6 is 0 Å². The van der Waals surface area contributed by atoms with Gasteiger partial charge in [0.2, 0.25) is 0 Å². The molecular weight excluding hydrogens is 759 g/mol. The molecule has 298 valence electrons. The summed E-state index contributed by atoms with van der Waals surface area (Å²) in [4.78, 5) is 2.49. The van der Waals surface area contributed by atoms with E-state index in [1.807, 2.05) is 0 Å². The van der Waals surface area contributed by atoms with Crippen molar-refractivity contribution >= 4 is 27.8 Å². The Balaban J connectivity index is 1.12. The predicted molar refractivity (Wildman–Crippen MR) is 264 cm³/mol. The molecular formula is C62H45N. The van der Waals surface area contributed by atoms with Crippen LogP contribution in [-0.4, -0.2) is 0 Å². The quantitative estimate of drug-likeness (QED) is 0.155. The molecule has 63 heavy (non-hydrogen) atoms. The van der Waals surface area contributed by atoms with Crippen LogP contribution < -0.4 is 4.90 Å². The summed E-state index contributed by atoms with van der Waals surface area (Å²) < 4.78 is 0. The summed E-state index contributed by atoms with van der Waals surface area (Å²) in [7, 11) is 0. The van der Waals surface area contributed by atoms with Crippen LogP contribution in [0.15, 0.2) is 237 Å². The monoisotopic (exact) mass is 803 g/mol. The van der Waals surface area contributed by atoms with Gasteiger partial charge in [-0.1, -0.05) is 208 Å². The van der Waals surface area contributed by atoms with Crippen molar-refractivity contribution in [2.24, 2.45) is 0 Å². The zero-order chi connectivity index (χ0) is 42.1. The van der Waals surface area contributed by atoms with Crippen molar-refractivity contribution in [1.29, 1.82) is 0 Å². The number of rotatable bonds is 7. The van der Waals surface area contributed by atoms with Crippen LogP contribution in [-0.2, 0) is 10.8 Å². The van der Waals surface area contributed by atoms with E-state index in [4.69, 9.17) is 0 Å². The highest BCUT2D eigenvalue weighted by atomic mass is 15.1. The molecule has 0 fully saturated rings. The molecule has 0 heterocycles. The number of hydrogen-bond acceptors (Lipinski definition) is 1. The van der Waals surface area contributed by atoms with Gasteiger partial charge in [-0.2, -0.15) is 0 Å². The van der Waals surface area contributed by atoms with E-state index in [0.29, 0.717) is 0 Å². The third kappa shape index (κ3) is 5.63. The summed E-state index contributed by atoms with van der Waals surface area (Å²) in [5.74, 6) is 0. The molecule has 0 N–H and O–H groups in total. The lowest BCUT2D eigenvalue weighted by Crippen LogP contribution is -2.28. The fraction of sp³-hybridized carbons (Fsp3) is 0.0645. The lowest BCUT2D eigenvalue weighted by atomic mass is 9.67. The van der Waals surface area contributed by atoms with E-state index in [1.54, 1.807) is 0 Å². The van der Waals surface area contributed by atoms with Gasteiger partial charge < -0.3 is 4.90 Å². The van der Waals surface area contributed by atoms with Crippen LogP contribution in [0, 0.1) is 0 Å². The second-order valence-electron chi connectivity index (χ2n) is 17.6. The van der Waals surface area contributed by atoms with Crippen LogP contribution in [0.25, 0.3) is 55.3 Å². The maximum Gasteiger partial charge on any atom is 0.0714 e. The molecule has 12 rings (SSSR count). The molecule has 1 heteroatoms. The molecule has 0 unspecified atom stereocenters. The first-order valence-corrected chi connectivity index (χ1v) is 22.1. The fourth-order valence-corrected chi connectivity index (χ4v) is 11.0. The Bertz CT molecular complexity index is 3310. The summed E-state index contributed by atoms with van der Waals surface area (Å²) in [5, 5.41) is 2.48. The average molecular weight is 804 g/mol. The summed E-state index contributed by atoms with van der Waals surface area (Å²) in [6.07, 6.45) is 0. The zero-order valence-corrected chi connectivity index (χ0v) is 35.5. The minimum absolute atomic E-state index is 0.144. The first-order chi connectivity index (χ1) is 31.0. The van der Waals surface area contributed by atoms with Crippen LogP contribution in [0.1, 0.15) is 47.2 Å². The van der Waals surface area contributed by atoms with Gasteiger partial charge in [-0.3, -0.25) is 0 Å². The van der Waals surface area contributed by atoms with Crippen molar-refractivity contribution in [3.05, 3.63) is 270 Å². The average Bonchev–Trinajstić information content (AvgIpc) is 3.77. The smallest absolute Gasteiger partial charge is 0.0714 e. The predicted octanol–water partition coefficient (Wildman–Crippen LogP) is 16.3. The highest BCUT2D eigenvalue weighted by Crippen LogP contribution is 2.60. The molecule has 10 aromatic rings. The normalized spacial score (nSPS) is 13.8. The Morgan fingerprint density at radius 3 is 1.56 bits per heavy atom.